The molecule has 1 fully saturated rings. The van der Waals surface area contributed by atoms with E-state index in [1.807, 2.05) is 6.92 Å². The van der Waals surface area contributed by atoms with Crippen molar-refractivity contribution in [3.05, 3.63) is 0 Å². The van der Waals surface area contributed by atoms with Crippen LogP contribution in [0.15, 0.2) is 0 Å². The van der Waals surface area contributed by atoms with Gasteiger partial charge in [-0.2, -0.15) is 4.31 Å². The molecule has 0 radical (unpaired) electrons. The highest BCUT2D eigenvalue weighted by molar-refractivity contribution is 7.89. The summed E-state index contributed by atoms with van der Waals surface area (Å²) in [7, 11) is -3.09. The Kier molecular flexibility index (Phi) is 3.82. The van der Waals surface area contributed by atoms with Crippen molar-refractivity contribution in [1.82, 2.24) is 4.31 Å². The van der Waals surface area contributed by atoms with Crippen molar-refractivity contribution in [3.8, 4) is 0 Å². The Bertz CT molecular complexity index is 305. The topological polar surface area (TPSA) is 37.4 Å². The molecule has 0 spiro atoms. The van der Waals surface area contributed by atoms with Crippen LogP contribution in [0.3, 0.4) is 0 Å². The summed E-state index contributed by atoms with van der Waals surface area (Å²) in [5.74, 6) is 0.374. The van der Waals surface area contributed by atoms with E-state index in [0.717, 1.165) is 12.8 Å². The van der Waals surface area contributed by atoms with Gasteiger partial charge >= 0.3 is 0 Å². The molecule has 0 bridgehead atoms. The number of hydrogen-bond donors (Lipinski definition) is 0. The van der Waals surface area contributed by atoms with Crippen molar-refractivity contribution in [1.29, 1.82) is 0 Å². The molecule has 15 heavy (non-hydrogen) atoms. The maximum atomic E-state index is 12.2. The van der Waals surface area contributed by atoms with Crippen LogP contribution in [0.1, 0.15) is 47.5 Å². The molecule has 0 unspecified atom stereocenters. The van der Waals surface area contributed by atoms with Gasteiger partial charge in [-0.3, -0.25) is 0 Å². The fourth-order valence-electron chi connectivity index (χ4n) is 1.64. The molecule has 0 aromatic heterocycles. The fourth-order valence-corrected chi connectivity index (χ4v) is 3.46. The lowest BCUT2D eigenvalue weighted by Crippen LogP contribution is -2.46. The summed E-state index contributed by atoms with van der Waals surface area (Å²) in [5.41, 5.74) is 0. The number of rotatable bonds is 5. The van der Waals surface area contributed by atoms with Crippen LogP contribution < -0.4 is 0 Å². The Morgan fingerprint density at radius 1 is 1.07 bits per heavy atom. The van der Waals surface area contributed by atoms with Gasteiger partial charge in [0.25, 0.3) is 0 Å². The van der Waals surface area contributed by atoms with Crippen LogP contribution in [0.5, 0.6) is 0 Å². The van der Waals surface area contributed by atoms with Crippen molar-refractivity contribution in [2.45, 2.75) is 64.8 Å². The van der Waals surface area contributed by atoms with Gasteiger partial charge in [-0.15, -0.1) is 0 Å². The molecule has 1 atom stereocenters. The van der Waals surface area contributed by atoms with Crippen LogP contribution >= 0.6 is 0 Å². The van der Waals surface area contributed by atoms with Crippen LogP contribution in [-0.2, 0) is 10.0 Å². The summed E-state index contributed by atoms with van der Waals surface area (Å²) in [6, 6.07) is 0.389. The molecule has 1 saturated carbocycles. The molecule has 1 aliphatic carbocycles. The second kappa shape index (κ2) is 4.42. The third-order valence-corrected chi connectivity index (χ3v) is 5.57. The van der Waals surface area contributed by atoms with E-state index < -0.39 is 10.0 Å². The van der Waals surface area contributed by atoms with Crippen LogP contribution in [0, 0.1) is 5.92 Å². The van der Waals surface area contributed by atoms with Crippen LogP contribution in [0.4, 0.5) is 0 Å². The predicted octanol–water partition coefficient (Wildman–Crippen LogP) is 2.23. The Morgan fingerprint density at radius 3 is 1.80 bits per heavy atom. The summed E-state index contributed by atoms with van der Waals surface area (Å²) < 4.78 is 26.1. The molecule has 0 heterocycles. The molecule has 0 aromatic carbocycles. The molecular weight excluding hydrogens is 210 g/mol. The van der Waals surface area contributed by atoms with Gasteiger partial charge in [0.15, 0.2) is 0 Å². The first kappa shape index (κ1) is 13.0. The fraction of sp³-hybridized carbons (Fsp3) is 1.00. The second-order valence-corrected chi connectivity index (χ2v) is 7.53. The van der Waals surface area contributed by atoms with Gasteiger partial charge in [0.1, 0.15) is 0 Å². The Morgan fingerprint density at radius 2 is 1.53 bits per heavy atom. The molecule has 90 valence electrons. The molecule has 1 rings (SSSR count). The first-order chi connectivity index (χ1) is 6.78. The van der Waals surface area contributed by atoms with E-state index in [9.17, 15) is 8.42 Å². The van der Waals surface area contributed by atoms with E-state index in [1.54, 1.807) is 18.2 Å². The van der Waals surface area contributed by atoms with Gasteiger partial charge in [-0.25, -0.2) is 8.42 Å². The maximum absolute atomic E-state index is 12.2. The Labute approximate surface area is 93.9 Å². The SMILES string of the molecule is CC(C)[C@@H](C)N(C1CC1)S(=O)(=O)C(C)C. The molecular formula is C11H23NO2S. The average molecular weight is 233 g/mol. The maximum Gasteiger partial charge on any atom is 0.216 e. The van der Waals surface area contributed by atoms with Crippen molar-refractivity contribution >= 4 is 10.0 Å². The first-order valence-electron chi connectivity index (χ1n) is 5.80. The second-order valence-electron chi connectivity index (χ2n) is 5.14. The number of hydrogen-bond acceptors (Lipinski definition) is 2. The van der Waals surface area contributed by atoms with E-state index in [0.29, 0.717) is 5.92 Å². The van der Waals surface area contributed by atoms with E-state index >= 15 is 0 Å². The van der Waals surface area contributed by atoms with E-state index in [2.05, 4.69) is 13.8 Å². The third kappa shape index (κ3) is 2.72. The molecule has 3 nitrogen and oxygen atoms in total. The zero-order valence-electron chi connectivity index (χ0n) is 10.4. The summed E-state index contributed by atoms with van der Waals surface area (Å²) in [5, 5.41) is -0.306. The smallest absolute Gasteiger partial charge is 0.212 e. The minimum atomic E-state index is -3.09. The first-order valence-corrected chi connectivity index (χ1v) is 7.31. The van der Waals surface area contributed by atoms with E-state index in [1.165, 1.54) is 0 Å². The zero-order valence-corrected chi connectivity index (χ0v) is 11.2. The Hall–Kier alpha value is -0.0900. The highest BCUT2D eigenvalue weighted by Crippen LogP contribution is 2.34. The standard InChI is InChI=1S/C11H23NO2S/c1-8(2)10(5)12(11-6-7-11)15(13,14)9(3)4/h8-11H,6-7H2,1-5H3/t10-/m1/s1. The van der Waals surface area contributed by atoms with Gasteiger partial charge in [-0.05, 0) is 39.5 Å². The van der Waals surface area contributed by atoms with Gasteiger partial charge in [0.05, 0.1) is 5.25 Å². The highest BCUT2D eigenvalue weighted by Gasteiger charge is 2.42. The molecule has 4 heteroatoms. The minimum Gasteiger partial charge on any atom is -0.212 e. The molecule has 0 aliphatic heterocycles. The van der Waals surface area contributed by atoms with Gasteiger partial charge in [0.2, 0.25) is 10.0 Å². The quantitative estimate of drug-likeness (QED) is 0.730. The lowest BCUT2D eigenvalue weighted by atomic mass is 10.1. The van der Waals surface area contributed by atoms with Crippen molar-refractivity contribution in [3.63, 3.8) is 0 Å². The van der Waals surface area contributed by atoms with E-state index in [4.69, 9.17) is 0 Å². The van der Waals surface area contributed by atoms with Crippen molar-refractivity contribution in [2.75, 3.05) is 0 Å². The van der Waals surface area contributed by atoms with Gasteiger partial charge in [-0.1, -0.05) is 13.8 Å². The molecule has 0 saturated heterocycles. The third-order valence-electron chi connectivity index (χ3n) is 3.16. The van der Waals surface area contributed by atoms with Crippen molar-refractivity contribution < 1.29 is 8.42 Å². The largest absolute Gasteiger partial charge is 0.216 e. The minimum absolute atomic E-state index is 0.116. The number of nitrogens with zero attached hydrogens (tertiary/aromatic N) is 1. The molecule has 0 N–H and O–H groups in total. The molecule has 0 amide bonds. The lowest BCUT2D eigenvalue weighted by Gasteiger charge is -2.32. The molecule has 0 aromatic rings. The summed E-state index contributed by atoms with van der Waals surface area (Å²) in [4.78, 5) is 0. The average Bonchev–Trinajstić information content (AvgIpc) is 2.87. The van der Waals surface area contributed by atoms with Gasteiger partial charge in [0, 0.05) is 12.1 Å². The Balaban J connectivity index is 2.92. The van der Waals surface area contributed by atoms with Gasteiger partial charge < -0.3 is 0 Å². The molecule has 1 aliphatic rings. The monoisotopic (exact) mass is 233 g/mol. The van der Waals surface area contributed by atoms with Crippen molar-refractivity contribution in [2.24, 2.45) is 5.92 Å². The predicted molar refractivity (Wildman–Crippen MR) is 63.2 cm³/mol. The van der Waals surface area contributed by atoms with E-state index in [-0.39, 0.29) is 17.3 Å². The highest BCUT2D eigenvalue weighted by atomic mass is 32.2. The summed E-state index contributed by atoms with van der Waals surface area (Å²) in [6.45, 7) is 9.70. The summed E-state index contributed by atoms with van der Waals surface area (Å²) >= 11 is 0. The summed E-state index contributed by atoms with van der Waals surface area (Å²) in [6.07, 6.45) is 2.06. The normalized spacial score (nSPS) is 20.3. The number of sulfonamides is 1. The van der Waals surface area contributed by atoms with Crippen LogP contribution in [0.25, 0.3) is 0 Å². The van der Waals surface area contributed by atoms with Crippen LogP contribution in [0.2, 0.25) is 0 Å². The lowest BCUT2D eigenvalue weighted by molar-refractivity contribution is 0.267. The van der Waals surface area contributed by atoms with Crippen LogP contribution in [-0.4, -0.2) is 30.1 Å². The zero-order chi connectivity index (χ0) is 11.8.